The average Bonchev–Trinajstić information content (AvgIpc) is 2.19. The number of aliphatic hydroxyl groups is 1. The van der Waals surface area contributed by atoms with Gasteiger partial charge in [-0.05, 0) is 39.3 Å². The maximum Gasteiger partial charge on any atom is 0.168 e. The number of rotatable bonds is 6. The maximum absolute atomic E-state index is 9.15. The van der Waals surface area contributed by atoms with Gasteiger partial charge in [0.2, 0.25) is 0 Å². The van der Waals surface area contributed by atoms with Crippen LogP contribution in [-0.2, 0) is 0 Å². The Hall–Kier alpha value is -1.29. The Bertz CT molecular complexity index is 314. The van der Waals surface area contributed by atoms with Crippen LogP contribution >= 0.6 is 0 Å². The standard InChI is InChI=1S/C12H20N2O2/c1-9(2)16-11-5-4-7-13-12(11)14-8-6-10(3)15/h4-5,7,9-10,15H,6,8H2,1-3H3,(H,13,14). The van der Waals surface area contributed by atoms with E-state index in [1.54, 1.807) is 13.1 Å². The van der Waals surface area contributed by atoms with Crippen molar-refractivity contribution in [1.29, 1.82) is 0 Å². The summed E-state index contributed by atoms with van der Waals surface area (Å²) in [6.07, 6.45) is 2.24. The fraction of sp³-hybridized carbons (Fsp3) is 0.583. The zero-order valence-corrected chi connectivity index (χ0v) is 10.1. The Balaban J connectivity index is 2.56. The lowest BCUT2D eigenvalue weighted by Crippen LogP contribution is -2.13. The zero-order valence-electron chi connectivity index (χ0n) is 10.1. The van der Waals surface area contributed by atoms with Crippen molar-refractivity contribution in [2.24, 2.45) is 0 Å². The summed E-state index contributed by atoms with van der Waals surface area (Å²) in [6, 6.07) is 3.73. The molecule has 16 heavy (non-hydrogen) atoms. The van der Waals surface area contributed by atoms with Gasteiger partial charge in [-0.1, -0.05) is 0 Å². The molecule has 0 fully saturated rings. The minimum Gasteiger partial charge on any atom is -0.487 e. The molecule has 1 unspecified atom stereocenters. The Morgan fingerprint density at radius 2 is 2.19 bits per heavy atom. The molecule has 4 nitrogen and oxygen atoms in total. The van der Waals surface area contributed by atoms with E-state index in [2.05, 4.69) is 10.3 Å². The molecule has 1 atom stereocenters. The number of pyridine rings is 1. The quantitative estimate of drug-likeness (QED) is 0.776. The molecule has 0 aromatic carbocycles. The van der Waals surface area contributed by atoms with Crippen LogP contribution in [0.2, 0.25) is 0 Å². The third-order valence-corrected chi connectivity index (χ3v) is 1.99. The van der Waals surface area contributed by atoms with Crippen molar-refractivity contribution in [3.63, 3.8) is 0 Å². The molecule has 4 heteroatoms. The van der Waals surface area contributed by atoms with E-state index in [1.807, 2.05) is 26.0 Å². The van der Waals surface area contributed by atoms with Crippen molar-refractivity contribution in [3.8, 4) is 5.75 Å². The molecule has 0 aliphatic heterocycles. The molecular formula is C12H20N2O2. The number of aromatic nitrogens is 1. The Morgan fingerprint density at radius 1 is 1.44 bits per heavy atom. The number of nitrogens with one attached hydrogen (secondary N) is 1. The number of aliphatic hydroxyl groups excluding tert-OH is 1. The molecule has 90 valence electrons. The molecule has 0 spiro atoms. The first-order valence-corrected chi connectivity index (χ1v) is 5.63. The molecule has 0 aliphatic carbocycles. The van der Waals surface area contributed by atoms with E-state index in [0.717, 1.165) is 11.6 Å². The van der Waals surface area contributed by atoms with Gasteiger partial charge in [-0.3, -0.25) is 0 Å². The normalized spacial score (nSPS) is 12.6. The molecule has 0 bridgehead atoms. The van der Waals surface area contributed by atoms with E-state index >= 15 is 0 Å². The SMILES string of the molecule is CC(O)CCNc1ncccc1OC(C)C. The molecule has 1 aromatic heterocycles. The molecule has 0 saturated carbocycles. The fourth-order valence-electron chi connectivity index (χ4n) is 1.27. The molecule has 0 saturated heterocycles. The van der Waals surface area contributed by atoms with Crippen LogP contribution in [-0.4, -0.2) is 28.8 Å². The molecular weight excluding hydrogens is 204 g/mol. The molecule has 0 aliphatic rings. The van der Waals surface area contributed by atoms with E-state index in [9.17, 15) is 0 Å². The van der Waals surface area contributed by atoms with Crippen molar-refractivity contribution in [2.45, 2.75) is 39.4 Å². The van der Waals surface area contributed by atoms with Gasteiger partial charge in [-0.2, -0.15) is 0 Å². The molecule has 1 rings (SSSR count). The molecule has 1 aromatic rings. The van der Waals surface area contributed by atoms with Crippen LogP contribution in [0.5, 0.6) is 5.75 Å². The monoisotopic (exact) mass is 224 g/mol. The summed E-state index contributed by atoms with van der Waals surface area (Å²) >= 11 is 0. The smallest absolute Gasteiger partial charge is 0.168 e. The highest BCUT2D eigenvalue weighted by Crippen LogP contribution is 2.21. The highest BCUT2D eigenvalue weighted by molar-refractivity contribution is 5.49. The number of nitrogens with zero attached hydrogens (tertiary/aromatic N) is 1. The maximum atomic E-state index is 9.15. The van der Waals surface area contributed by atoms with Crippen LogP contribution in [0.1, 0.15) is 27.2 Å². The number of hydrogen-bond acceptors (Lipinski definition) is 4. The topological polar surface area (TPSA) is 54.4 Å². The van der Waals surface area contributed by atoms with E-state index in [1.165, 1.54) is 0 Å². The first-order chi connectivity index (χ1) is 7.59. The van der Waals surface area contributed by atoms with Gasteiger partial charge in [0.05, 0.1) is 12.2 Å². The predicted molar refractivity (Wildman–Crippen MR) is 64.8 cm³/mol. The minimum atomic E-state index is -0.300. The minimum absolute atomic E-state index is 0.126. The third kappa shape index (κ3) is 4.49. The van der Waals surface area contributed by atoms with Gasteiger partial charge in [-0.25, -0.2) is 4.98 Å². The summed E-state index contributed by atoms with van der Waals surface area (Å²) < 4.78 is 5.62. The number of hydrogen-bond donors (Lipinski definition) is 2. The fourth-order valence-corrected chi connectivity index (χ4v) is 1.27. The first kappa shape index (κ1) is 12.8. The second-order valence-corrected chi connectivity index (χ2v) is 4.08. The Morgan fingerprint density at radius 3 is 2.81 bits per heavy atom. The van der Waals surface area contributed by atoms with Gasteiger partial charge in [0, 0.05) is 12.7 Å². The number of anilines is 1. The van der Waals surface area contributed by atoms with Gasteiger partial charge in [0.25, 0.3) is 0 Å². The highest BCUT2D eigenvalue weighted by Gasteiger charge is 2.05. The van der Waals surface area contributed by atoms with E-state index in [0.29, 0.717) is 13.0 Å². The molecule has 2 N–H and O–H groups in total. The lowest BCUT2D eigenvalue weighted by atomic mass is 10.3. The van der Waals surface area contributed by atoms with Crippen LogP contribution in [0.25, 0.3) is 0 Å². The van der Waals surface area contributed by atoms with E-state index in [-0.39, 0.29) is 12.2 Å². The van der Waals surface area contributed by atoms with Crippen LogP contribution < -0.4 is 10.1 Å². The summed E-state index contributed by atoms with van der Waals surface area (Å²) in [5, 5.41) is 12.3. The van der Waals surface area contributed by atoms with Gasteiger partial charge < -0.3 is 15.2 Å². The zero-order chi connectivity index (χ0) is 12.0. The van der Waals surface area contributed by atoms with Gasteiger partial charge in [-0.15, -0.1) is 0 Å². The van der Waals surface area contributed by atoms with Crippen LogP contribution in [0, 0.1) is 0 Å². The lowest BCUT2D eigenvalue weighted by Gasteiger charge is -2.14. The largest absolute Gasteiger partial charge is 0.487 e. The van der Waals surface area contributed by atoms with Crippen LogP contribution in [0.4, 0.5) is 5.82 Å². The summed E-state index contributed by atoms with van der Waals surface area (Å²) in [7, 11) is 0. The van der Waals surface area contributed by atoms with Crippen molar-refractivity contribution >= 4 is 5.82 Å². The van der Waals surface area contributed by atoms with Crippen LogP contribution in [0.15, 0.2) is 18.3 Å². The Kier molecular flexibility index (Phi) is 5.05. The number of ether oxygens (including phenoxy) is 1. The summed E-state index contributed by atoms with van der Waals surface area (Å²) in [6.45, 7) is 6.41. The predicted octanol–water partition coefficient (Wildman–Crippen LogP) is 2.05. The average molecular weight is 224 g/mol. The van der Waals surface area contributed by atoms with Crippen molar-refractivity contribution in [2.75, 3.05) is 11.9 Å². The summed E-state index contributed by atoms with van der Waals surface area (Å²) in [4.78, 5) is 4.21. The second kappa shape index (κ2) is 6.33. The van der Waals surface area contributed by atoms with Gasteiger partial charge in [0.1, 0.15) is 0 Å². The summed E-state index contributed by atoms with van der Waals surface area (Å²) in [5.74, 6) is 1.49. The Labute approximate surface area is 96.7 Å². The second-order valence-electron chi connectivity index (χ2n) is 4.08. The highest BCUT2D eigenvalue weighted by atomic mass is 16.5. The van der Waals surface area contributed by atoms with Crippen molar-refractivity contribution in [3.05, 3.63) is 18.3 Å². The van der Waals surface area contributed by atoms with E-state index < -0.39 is 0 Å². The first-order valence-electron chi connectivity index (χ1n) is 5.63. The summed E-state index contributed by atoms with van der Waals surface area (Å²) in [5.41, 5.74) is 0. The van der Waals surface area contributed by atoms with E-state index in [4.69, 9.17) is 9.84 Å². The molecule has 0 radical (unpaired) electrons. The van der Waals surface area contributed by atoms with Gasteiger partial charge in [0.15, 0.2) is 11.6 Å². The lowest BCUT2D eigenvalue weighted by molar-refractivity contribution is 0.188. The molecule has 1 heterocycles. The van der Waals surface area contributed by atoms with Crippen LogP contribution in [0.3, 0.4) is 0 Å². The van der Waals surface area contributed by atoms with Gasteiger partial charge >= 0.3 is 0 Å². The van der Waals surface area contributed by atoms with Crippen molar-refractivity contribution < 1.29 is 9.84 Å². The third-order valence-electron chi connectivity index (χ3n) is 1.99. The molecule has 0 amide bonds. The van der Waals surface area contributed by atoms with Crippen molar-refractivity contribution in [1.82, 2.24) is 4.98 Å².